The number of carbonyl (C=O) groups is 1. The zero-order valence-electron chi connectivity index (χ0n) is 16.2. The first kappa shape index (κ1) is 20.2. The Morgan fingerprint density at radius 2 is 1.86 bits per heavy atom. The Morgan fingerprint density at radius 3 is 2.50 bits per heavy atom. The van der Waals surface area contributed by atoms with Crippen molar-refractivity contribution < 1.29 is 15.0 Å². The highest BCUT2D eigenvalue weighted by atomic mass is 16.3. The molecule has 1 fully saturated rings. The van der Waals surface area contributed by atoms with Gasteiger partial charge in [0.25, 0.3) is 5.91 Å². The minimum atomic E-state index is -0.761. The van der Waals surface area contributed by atoms with E-state index in [-0.39, 0.29) is 11.3 Å². The van der Waals surface area contributed by atoms with Crippen molar-refractivity contribution in [3.05, 3.63) is 59.7 Å². The number of para-hydroxylation sites is 1. The number of benzene rings is 2. The van der Waals surface area contributed by atoms with Gasteiger partial charge in [0.15, 0.2) is 0 Å². The number of anilines is 1. The predicted octanol–water partition coefficient (Wildman–Crippen LogP) is 2.56. The molecular formula is C22H29N3O3. The molecule has 0 aliphatic heterocycles. The van der Waals surface area contributed by atoms with Crippen LogP contribution >= 0.6 is 0 Å². The summed E-state index contributed by atoms with van der Waals surface area (Å²) in [7, 11) is 2.15. The zero-order valence-corrected chi connectivity index (χ0v) is 16.2. The average Bonchev–Trinajstić information content (AvgIpc) is 2.72. The minimum absolute atomic E-state index is 0.0287. The van der Waals surface area contributed by atoms with Crippen molar-refractivity contribution in [2.45, 2.75) is 43.9 Å². The molecule has 6 heteroatoms. The number of primary amides is 1. The fourth-order valence-electron chi connectivity index (χ4n) is 3.90. The van der Waals surface area contributed by atoms with Gasteiger partial charge in [-0.1, -0.05) is 24.3 Å². The summed E-state index contributed by atoms with van der Waals surface area (Å²) in [4.78, 5) is 13.7. The van der Waals surface area contributed by atoms with Gasteiger partial charge in [0.05, 0.1) is 11.7 Å². The molecule has 1 saturated carbocycles. The number of aromatic hydroxyl groups is 1. The summed E-state index contributed by atoms with van der Waals surface area (Å²) in [5, 5.41) is 23.5. The molecule has 1 atom stereocenters. The number of nitrogens with one attached hydrogen (secondary N) is 1. The first-order chi connectivity index (χ1) is 13.5. The first-order valence-electron chi connectivity index (χ1n) is 9.77. The number of nitrogens with two attached hydrogens (primary N) is 1. The van der Waals surface area contributed by atoms with E-state index in [0.29, 0.717) is 24.2 Å². The highest BCUT2D eigenvalue weighted by molar-refractivity contribution is 5.95. The third-order valence-electron chi connectivity index (χ3n) is 5.68. The Balaban J connectivity index is 1.49. The van der Waals surface area contributed by atoms with Crippen molar-refractivity contribution in [2.24, 2.45) is 5.73 Å². The largest absolute Gasteiger partial charge is 0.507 e. The van der Waals surface area contributed by atoms with Gasteiger partial charge in [-0.2, -0.15) is 0 Å². The lowest BCUT2D eigenvalue weighted by atomic mass is 9.90. The molecule has 0 saturated heterocycles. The first-order valence-corrected chi connectivity index (χ1v) is 9.77. The number of hydrogen-bond donors (Lipinski definition) is 4. The van der Waals surface area contributed by atoms with E-state index in [1.165, 1.54) is 17.8 Å². The molecule has 1 aliphatic rings. The van der Waals surface area contributed by atoms with Gasteiger partial charge in [0, 0.05) is 31.4 Å². The molecule has 150 valence electrons. The second-order valence-electron chi connectivity index (χ2n) is 7.52. The smallest absolute Gasteiger partial charge is 0.252 e. The maximum absolute atomic E-state index is 11.4. The molecule has 1 amide bonds. The molecule has 6 nitrogen and oxygen atoms in total. The van der Waals surface area contributed by atoms with Gasteiger partial charge in [-0.25, -0.2) is 0 Å². The van der Waals surface area contributed by atoms with Crippen LogP contribution in [0.4, 0.5) is 5.69 Å². The number of phenols is 1. The van der Waals surface area contributed by atoms with E-state index in [0.717, 1.165) is 25.7 Å². The van der Waals surface area contributed by atoms with E-state index < -0.39 is 12.0 Å². The number of aliphatic hydroxyl groups is 1. The van der Waals surface area contributed by atoms with Crippen molar-refractivity contribution in [1.82, 2.24) is 5.32 Å². The summed E-state index contributed by atoms with van der Waals surface area (Å²) in [6.45, 7) is 0.396. The fraction of sp³-hybridized carbons (Fsp3) is 0.409. The molecular weight excluding hydrogens is 354 g/mol. The summed E-state index contributed by atoms with van der Waals surface area (Å²) < 4.78 is 0. The van der Waals surface area contributed by atoms with Crippen molar-refractivity contribution >= 4 is 11.6 Å². The van der Waals surface area contributed by atoms with Gasteiger partial charge < -0.3 is 26.2 Å². The number of hydrogen-bond acceptors (Lipinski definition) is 5. The molecule has 0 spiro atoms. The van der Waals surface area contributed by atoms with Crippen LogP contribution in [-0.2, 0) is 0 Å². The fourth-order valence-corrected chi connectivity index (χ4v) is 3.90. The van der Waals surface area contributed by atoms with Crippen LogP contribution in [0.5, 0.6) is 5.75 Å². The Kier molecular flexibility index (Phi) is 6.54. The lowest BCUT2D eigenvalue weighted by Gasteiger charge is -2.36. The lowest BCUT2D eigenvalue weighted by molar-refractivity contribution is 0.0997. The molecule has 0 aromatic heterocycles. The van der Waals surface area contributed by atoms with Gasteiger partial charge in [0.2, 0.25) is 0 Å². The highest BCUT2D eigenvalue weighted by Crippen LogP contribution is 2.27. The number of rotatable bonds is 7. The molecule has 0 radical (unpaired) electrons. The van der Waals surface area contributed by atoms with Gasteiger partial charge >= 0.3 is 0 Å². The number of carbonyl (C=O) groups excluding carboxylic acids is 1. The van der Waals surface area contributed by atoms with E-state index in [1.54, 1.807) is 6.07 Å². The monoisotopic (exact) mass is 383 g/mol. The maximum atomic E-state index is 11.4. The van der Waals surface area contributed by atoms with Crippen molar-refractivity contribution in [3.8, 4) is 5.75 Å². The van der Waals surface area contributed by atoms with Crippen LogP contribution in [0.2, 0.25) is 0 Å². The Morgan fingerprint density at radius 1 is 1.18 bits per heavy atom. The predicted molar refractivity (Wildman–Crippen MR) is 110 cm³/mol. The molecule has 1 aliphatic carbocycles. The summed E-state index contributed by atoms with van der Waals surface area (Å²) in [5.41, 5.74) is 7.09. The second-order valence-corrected chi connectivity index (χ2v) is 7.52. The lowest BCUT2D eigenvalue weighted by Crippen LogP contribution is -2.42. The van der Waals surface area contributed by atoms with Crippen molar-refractivity contribution in [2.75, 3.05) is 18.5 Å². The van der Waals surface area contributed by atoms with Crippen LogP contribution in [0, 0.1) is 0 Å². The van der Waals surface area contributed by atoms with E-state index in [9.17, 15) is 15.0 Å². The van der Waals surface area contributed by atoms with Crippen LogP contribution in [0.15, 0.2) is 48.5 Å². The van der Waals surface area contributed by atoms with Crippen molar-refractivity contribution in [1.29, 1.82) is 0 Å². The molecule has 2 aromatic rings. The van der Waals surface area contributed by atoms with Gasteiger partial charge in [0.1, 0.15) is 5.75 Å². The third-order valence-corrected chi connectivity index (χ3v) is 5.68. The second kappa shape index (κ2) is 9.08. The van der Waals surface area contributed by atoms with Crippen LogP contribution in [0.1, 0.15) is 47.7 Å². The van der Waals surface area contributed by atoms with Crippen LogP contribution in [0.3, 0.4) is 0 Å². The third kappa shape index (κ3) is 4.82. The van der Waals surface area contributed by atoms with E-state index in [2.05, 4.69) is 41.5 Å². The van der Waals surface area contributed by atoms with E-state index in [4.69, 9.17) is 5.73 Å². The zero-order chi connectivity index (χ0) is 20.1. The van der Waals surface area contributed by atoms with E-state index >= 15 is 0 Å². The SMILES string of the molecule is CN(c1ccccc1)C1CCC(NCC(O)c2ccc(O)c(C(N)=O)c2)CC1. The average molecular weight is 383 g/mol. The van der Waals surface area contributed by atoms with Crippen LogP contribution in [0.25, 0.3) is 0 Å². The number of nitrogens with zero attached hydrogens (tertiary/aromatic N) is 1. The van der Waals surface area contributed by atoms with Gasteiger partial charge in [-0.3, -0.25) is 4.79 Å². The van der Waals surface area contributed by atoms with Gasteiger partial charge in [-0.05, 0) is 55.5 Å². The minimum Gasteiger partial charge on any atom is -0.507 e. The molecule has 28 heavy (non-hydrogen) atoms. The summed E-state index contributed by atoms with van der Waals surface area (Å²) in [6, 6.07) is 15.8. The highest BCUT2D eigenvalue weighted by Gasteiger charge is 2.24. The number of amides is 1. The van der Waals surface area contributed by atoms with Crippen LogP contribution < -0.4 is 16.0 Å². The summed E-state index contributed by atoms with van der Waals surface area (Å²) in [6.07, 6.45) is 3.55. The summed E-state index contributed by atoms with van der Waals surface area (Å²) >= 11 is 0. The number of aliphatic hydroxyl groups excluding tert-OH is 1. The Bertz CT molecular complexity index is 789. The van der Waals surface area contributed by atoms with Gasteiger partial charge in [-0.15, -0.1) is 0 Å². The quantitative estimate of drug-likeness (QED) is 0.589. The van der Waals surface area contributed by atoms with Crippen LogP contribution in [-0.4, -0.2) is 41.8 Å². The topological polar surface area (TPSA) is 98.8 Å². The molecule has 0 heterocycles. The van der Waals surface area contributed by atoms with E-state index in [1.807, 2.05) is 6.07 Å². The molecule has 1 unspecified atom stereocenters. The normalized spacial score (nSPS) is 20.5. The molecule has 5 N–H and O–H groups in total. The molecule has 3 rings (SSSR count). The standard InChI is InChI=1S/C22H29N3O3/c1-25(17-5-3-2-4-6-17)18-10-8-16(9-11-18)24-14-21(27)15-7-12-20(26)19(13-15)22(23)28/h2-7,12-13,16,18,21,24,26-27H,8-11,14H2,1H3,(H2,23,28). The maximum Gasteiger partial charge on any atom is 0.252 e. The molecule has 0 bridgehead atoms. The summed E-state index contributed by atoms with van der Waals surface area (Å²) in [5.74, 6) is -0.877. The molecule has 2 aromatic carbocycles. The van der Waals surface area contributed by atoms with Crippen molar-refractivity contribution in [3.63, 3.8) is 0 Å². The Labute approximate surface area is 166 Å². The Hall–Kier alpha value is -2.57.